The predicted molar refractivity (Wildman–Crippen MR) is 117 cm³/mol. The van der Waals surface area contributed by atoms with Gasteiger partial charge in [0.15, 0.2) is 0 Å². The van der Waals surface area contributed by atoms with E-state index in [1.54, 1.807) is 36.4 Å². The Morgan fingerprint density at radius 1 is 1.03 bits per heavy atom. The Bertz CT molecular complexity index is 1220. The summed E-state index contributed by atoms with van der Waals surface area (Å²) < 4.78 is 42.8. The number of carbonyl (C=O) groups excluding carboxylic acids is 3. The minimum atomic E-state index is -4.44. The number of thioether (sulfide) groups is 1. The van der Waals surface area contributed by atoms with Gasteiger partial charge < -0.3 is 9.64 Å². The summed E-state index contributed by atoms with van der Waals surface area (Å²) in [6, 6.07) is 15.9. The summed E-state index contributed by atoms with van der Waals surface area (Å²) in [5.74, 6) is -0.829. The first-order valence-electron chi connectivity index (χ1n) is 9.89. The van der Waals surface area contributed by atoms with Gasteiger partial charge in [-0.2, -0.15) is 13.2 Å². The van der Waals surface area contributed by atoms with E-state index in [9.17, 15) is 27.6 Å². The number of rotatable bonds is 6. The number of nitrogens with zero attached hydrogens (tertiary/aromatic N) is 3. The van der Waals surface area contributed by atoms with Crippen LogP contribution in [0.25, 0.3) is 0 Å². The number of aromatic nitrogens is 1. The van der Waals surface area contributed by atoms with Crippen molar-refractivity contribution in [1.82, 2.24) is 9.88 Å². The highest BCUT2D eigenvalue weighted by Crippen LogP contribution is 2.37. The van der Waals surface area contributed by atoms with E-state index in [1.165, 1.54) is 41.4 Å². The van der Waals surface area contributed by atoms with E-state index in [0.29, 0.717) is 11.3 Å². The molecule has 1 fully saturated rings. The standard InChI is InChI=1S/C23H16F3N3O4S/c24-23(25,26)34-18-8-6-16(7-9-18)29-20(30)14-28(22(29)32)13-15-10-11-27-19(12-15)21(31)33-17-4-2-1-3-5-17/h1-12H,13-14H2. The van der Waals surface area contributed by atoms with Gasteiger partial charge in [-0.1, -0.05) is 18.2 Å². The van der Waals surface area contributed by atoms with Crippen LogP contribution in [0.15, 0.2) is 77.8 Å². The molecular formula is C23H16F3N3O4S. The van der Waals surface area contributed by atoms with E-state index >= 15 is 0 Å². The fraction of sp³-hybridized carbons (Fsp3) is 0.130. The molecule has 1 aliphatic rings. The van der Waals surface area contributed by atoms with Crippen LogP contribution in [0.3, 0.4) is 0 Å². The smallest absolute Gasteiger partial charge is 0.422 e. The largest absolute Gasteiger partial charge is 0.446 e. The van der Waals surface area contributed by atoms with Crippen LogP contribution in [-0.4, -0.2) is 39.8 Å². The molecule has 0 bridgehead atoms. The maximum absolute atomic E-state index is 12.8. The highest BCUT2D eigenvalue weighted by molar-refractivity contribution is 8.00. The number of halogens is 3. The van der Waals surface area contributed by atoms with E-state index in [-0.39, 0.29) is 41.1 Å². The number of carbonyl (C=O) groups is 3. The molecule has 2 aromatic carbocycles. The molecule has 0 saturated carbocycles. The van der Waals surface area contributed by atoms with Crippen LogP contribution < -0.4 is 9.64 Å². The zero-order valence-electron chi connectivity index (χ0n) is 17.4. The van der Waals surface area contributed by atoms with Crippen LogP contribution in [0.5, 0.6) is 5.75 Å². The second-order valence-corrected chi connectivity index (χ2v) is 8.30. The normalized spacial score (nSPS) is 14.0. The number of amides is 3. The topological polar surface area (TPSA) is 79.8 Å². The number of hydrogen-bond acceptors (Lipinski definition) is 6. The maximum Gasteiger partial charge on any atom is 0.446 e. The van der Waals surface area contributed by atoms with E-state index in [4.69, 9.17) is 4.74 Å². The van der Waals surface area contributed by atoms with Crippen molar-refractivity contribution < 1.29 is 32.3 Å². The number of hydrogen-bond donors (Lipinski definition) is 0. The molecule has 0 aliphatic carbocycles. The van der Waals surface area contributed by atoms with Crippen molar-refractivity contribution in [3.63, 3.8) is 0 Å². The molecule has 1 aromatic heterocycles. The van der Waals surface area contributed by atoms with Gasteiger partial charge in [0.1, 0.15) is 18.0 Å². The molecule has 11 heteroatoms. The summed E-state index contributed by atoms with van der Waals surface area (Å²) in [5, 5.41) is 0. The summed E-state index contributed by atoms with van der Waals surface area (Å²) in [5.41, 5.74) is -3.68. The molecule has 3 aromatic rings. The van der Waals surface area contributed by atoms with Gasteiger partial charge in [-0.25, -0.2) is 19.5 Å². The lowest BCUT2D eigenvalue weighted by molar-refractivity contribution is -0.116. The summed E-state index contributed by atoms with van der Waals surface area (Å²) in [6.07, 6.45) is 1.40. The molecule has 3 amide bonds. The van der Waals surface area contributed by atoms with Crippen molar-refractivity contribution in [2.75, 3.05) is 11.4 Å². The number of imide groups is 1. The molecular weight excluding hydrogens is 471 g/mol. The Morgan fingerprint density at radius 3 is 2.41 bits per heavy atom. The lowest BCUT2D eigenvalue weighted by Crippen LogP contribution is -2.32. The summed E-state index contributed by atoms with van der Waals surface area (Å²) in [4.78, 5) is 43.8. The Hall–Kier alpha value is -3.86. The van der Waals surface area contributed by atoms with E-state index in [2.05, 4.69) is 4.98 Å². The van der Waals surface area contributed by atoms with Crippen molar-refractivity contribution in [2.45, 2.75) is 16.9 Å². The summed E-state index contributed by atoms with van der Waals surface area (Å²) >= 11 is -0.283. The van der Waals surface area contributed by atoms with Crippen LogP contribution in [0.4, 0.5) is 23.7 Å². The third-order valence-corrected chi connectivity index (χ3v) is 5.47. The molecule has 0 spiro atoms. The fourth-order valence-electron chi connectivity index (χ4n) is 3.28. The average Bonchev–Trinajstić information content (AvgIpc) is 3.07. The lowest BCUT2D eigenvalue weighted by Gasteiger charge is -2.17. The molecule has 7 nitrogen and oxygen atoms in total. The Kier molecular flexibility index (Phi) is 6.55. The molecule has 1 saturated heterocycles. The summed E-state index contributed by atoms with van der Waals surface area (Å²) in [6.45, 7) is -0.193. The van der Waals surface area contributed by atoms with Crippen LogP contribution in [0.2, 0.25) is 0 Å². The van der Waals surface area contributed by atoms with Gasteiger partial charge in [0.25, 0.3) is 5.91 Å². The van der Waals surface area contributed by atoms with Gasteiger partial charge in [0.05, 0.1) is 5.69 Å². The molecule has 4 rings (SSSR count). The quantitative estimate of drug-likeness (QED) is 0.213. The van der Waals surface area contributed by atoms with Gasteiger partial charge in [-0.15, -0.1) is 0 Å². The zero-order chi connectivity index (χ0) is 24.3. The molecule has 0 unspecified atom stereocenters. The van der Waals surface area contributed by atoms with E-state index < -0.39 is 23.4 Å². The third-order valence-electron chi connectivity index (χ3n) is 4.73. The van der Waals surface area contributed by atoms with Gasteiger partial charge in [-0.3, -0.25) is 4.79 Å². The van der Waals surface area contributed by atoms with Crippen molar-refractivity contribution in [3.05, 3.63) is 84.2 Å². The molecule has 2 heterocycles. The maximum atomic E-state index is 12.8. The number of ether oxygens (including phenoxy) is 1. The zero-order valence-corrected chi connectivity index (χ0v) is 18.2. The Balaban J connectivity index is 1.44. The van der Waals surface area contributed by atoms with Crippen molar-refractivity contribution >= 4 is 35.4 Å². The minimum absolute atomic E-state index is 0.0250. The number of pyridine rings is 1. The highest BCUT2D eigenvalue weighted by atomic mass is 32.2. The molecule has 34 heavy (non-hydrogen) atoms. The number of urea groups is 1. The van der Waals surface area contributed by atoms with E-state index in [0.717, 1.165) is 4.90 Å². The summed E-state index contributed by atoms with van der Waals surface area (Å²) in [7, 11) is 0. The molecule has 0 radical (unpaired) electrons. The number of para-hydroxylation sites is 1. The van der Waals surface area contributed by atoms with Crippen LogP contribution >= 0.6 is 11.8 Å². The number of alkyl halides is 3. The van der Waals surface area contributed by atoms with Crippen LogP contribution in [0, 0.1) is 0 Å². The van der Waals surface area contributed by atoms with Crippen LogP contribution in [0.1, 0.15) is 16.1 Å². The Morgan fingerprint density at radius 2 is 1.74 bits per heavy atom. The second kappa shape index (κ2) is 9.56. The van der Waals surface area contributed by atoms with Crippen molar-refractivity contribution in [2.24, 2.45) is 0 Å². The first kappa shape index (κ1) is 23.3. The number of benzene rings is 2. The lowest BCUT2D eigenvalue weighted by atomic mass is 10.2. The molecule has 1 aliphatic heterocycles. The number of anilines is 1. The minimum Gasteiger partial charge on any atom is -0.422 e. The van der Waals surface area contributed by atoms with Gasteiger partial charge in [-0.05, 0) is 65.9 Å². The highest BCUT2D eigenvalue weighted by Gasteiger charge is 2.37. The van der Waals surface area contributed by atoms with Crippen molar-refractivity contribution in [3.8, 4) is 5.75 Å². The van der Waals surface area contributed by atoms with Gasteiger partial charge in [0.2, 0.25) is 0 Å². The van der Waals surface area contributed by atoms with Crippen molar-refractivity contribution in [1.29, 1.82) is 0 Å². The average molecular weight is 487 g/mol. The SMILES string of the molecule is O=C(Oc1ccccc1)c1cc(CN2CC(=O)N(c3ccc(SC(F)(F)F)cc3)C2=O)ccn1. The van der Waals surface area contributed by atoms with Gasteiger partial charge in [0, 0.05) is 17.6 Å². The Labute approximate surface area is 196 Å². The first-order valence-corrected chi connectivity index (χ1v) is 10.7. The first-order chi connectivity index (χ1) is 16.2. The van der Waals surface area contributed by atoms with Gasteiger partial charge >= 0.3 is 17.5 Å². The molecule has 0 atom stereocenters. The van der Waals surface area contributed by atoms with E-state index in [1.807, 2.05) is 0 Å². The van der Waals surface area contributed by atoms with Crippen LogP contribution in [-0.2, 0) is 11.3 Å². The fourth-order valence-corrected chi connectivity index (χ4v) is 3.82. The molecule has 0 N–H and O–H groups in total. The number of esters is 1. The monoisotopic (exact) mass is 487 g/mol. The predicted octanol–water partition coefficient (Wildman–Crippen LogP) is 4.88. The second-order valence-electron chi connectivity index (χ2n) is 7.16. The molecule has 174 valence electrons. The third kappa shape index (κ3) is 5.54.